The summed E-state index contributed by atoms with van der Waals surface area (Å²) in [5.41, 5.74) is 0.707. The molecular formula is C15H17BrClNO. The molecule has 2 bridgehead atoms. The van der Waals surface area contributed by atoms with Crippen molar-refractivity contribution in [3.8, 4) is 0 Å². The summed E-state index contributed by atoms with van der Waals surface area (Å²) >= 11 is 9.47. The van der Waals surface area contributed by atoms with Crippen molar-refractivity contribution in [1.82, 2.24) is 0 Å². The first-order valence-corrected chi connectivity index (χ1v) is 8.04. The lowest BCUT2D eigenvalue weighted by Crippen LogP contribution is -2.20. The largest absolute Gasteiger partial charge is 0.325 e. The fourth-order valence-corrected chi connectivity index (χ4v) is 4.38. The van der Waals surface area contributed by atoms with Gasteiger partial charge in [-0.25, -0.2) is 0 Å². The molecule has 1 aromatic carbocycles. The predicted octanol–water partition coefficient (Wildman–Crippen LogP) is 4.87. The maximum absolute atomic E-state index is 12.1. The van der Waals surface area contributed by atoms with Gasteiger partial charge in [0.15, 0.2) is 0 Å². The van der Waals surface area contributed by atoms with Crippen molar-refractivity contribution in [2.45, 2.75) is 32.1 Å². The van der Waals surface area contributed by atoms with E-state index >= 15 is 0 Å². The minimum Gasteiger partial charge on any atom is -0.325 e. The van der Waals surface area contributed by atoms with E-state index < -0.39 is 0 Å². The molecule has 0 unspecified atom stereocenters. The number of hydrogen-bond donors (Lipinski definition) is 1. The van der Waals surface area contributed by atoms with Crippen molar-refractivity contribution in [3.05, 3.63) is 27.7 Å². The molecule has 0 saturated heterocycles. The molecule has 2 saturated carbocycles. The van der Waals surface area contributed by atoms with Crippen molar-refractivity contribution < 1.29 is 4.79 Å². The molecule has 1 aromatic rings. The first-order chi connectivity index (χ1) is 9.11. The van der Waals surface area contributed by atoms with Gasteiger partial charge >= 0.3 is 0 Å². The maximum Gasteiger partial charge on any atom is 0.224 e. The van der Waals surface area contributed by atoms with Crippen molar-refractivity contribution in [2.24, 2.45) is 17.8 Å². The van der Waals surface area contributed by atoms with Crippen LogP contribution in [0.3, 0.4) is 0 Å². The quantitative estimate of drug-likeness (QED) is 0.834. The number of hydrogen-bond acceptors (Lipinski definition) is 1. The third-order valence-electron chi connectivity index (χ3n) is 4.54. The number of halogens is 2. The van der Waals surface area contributed by atoms with Crippen LogP contribution in [0.4, 0.5) is 5.69 Å². The number of fused-ring (bicyclic) bond motifs is 2. The molecule has 2 aliphatic carbocycles. The highest BCUT2D eigenvalue weighted by molar-refractivity contribution is 9.10. The second-order valence-corrected chi connectivity index (χ2v) is 7.13. The van der Waals surface area contributed by atoms with Gasteiger partial charge < -0.3 is 5.32 Å². The molecule has 4 heteroatoms. The standard InChI is InChI=1S/C15H17BrClNO/c16-12-3-4-14(13(17)8-12)18-15(19)7-11-6-9-1-2-10(11)5-9/h3-4,8-11H,1-2,5-7H2,(H,18,19)/t9-,10+,11-/m0/s1. The Morgan fingerprint density at radius 3 is 2.84 bits per heavy atom. The molecule has 0 heterocycles. The second kappa shape index (κ2) is 5.45. The number of rotatable bonds is 3. The number of benzene rings is 1. The minimum atomic E-state index is 0.0989. The lowest BCUT2D eigenvalue weighted by atomic mass is 9.86. The molecule has 2 nitrogen and oxygen atoms in total. The molecule has 102 valence electrons. The van der Waals surface area contributed by atoms with E-state index in [0.717, 1.165) is 16.3 Å². The normalized spacial score (nSPS) is 28.6. The summed E-state index contributed by atoms with van der Waals surface area (Å²) in [4.78, 5) is 12.1. The third-order valence-corrected chi connectivity index (χ3v) is 5.34. The molecule has 3 rings (SSSR count). The van der Waals surface area contributed by atoms with Gasteiger partial charge in [0.25, 0.3) is 0 Å². The van der Waals surface area contributed by atoms with Gasteiger partial charge in [0.1, 0.15) is 0 Å². The van der Waals surface area contributed by atoms with Gasteiger partial charge in [-0.3, -0.25) is 4.79 Å². The average Bonchev–Trinajstić information content (AvgIpc) is 2.95. The number of carbonyl (C=O) groups is 1. The minimum absolute atomic E-state index is 0.0989. The van der Waals surface area contributed by atoms with Crippen molar-refractivity contribution >= 4 is 39.1 Å². The van der Waals surface area contributed by atoms with Gasteiger partial charge in [0.2, 0.25) is 5.91 Å². The Balaban J connectivity index is 1.59. The van der Waals surface area contributed by atoms with Crippen LogP contribution in [0.2, 0.25) is 5.02 Å². The van der Waals surface area contributed by atoms with E-state index in [-0.39, 0.29) is 5.91 Å². The second-order valence-electron chi connectivity index (χ2n) is 5.81. The highest BCUT2D eigenvalue weighted by atomic mass is 79.9. The molecular weight excluding hydrogens is 326 g/mol. The van der Waals surface area contributed by atoms with Gasteiger partial charge in [-0.2, -0.15) is 0 Å². The molecule has 0 spiro atoms. The fourth-order valence-electron chi connectivity index (χ4n) is 3.66. The first kappa shape index (κ1) is 13.4. The summed E-state index contributed by atoms with van der Waals surface area (Å²) < 4.78 is 0.920. The van der Waals surface area contributed by atoms with Gasteiger partial charge in [0, 0.05) is 10.9 Å². The molecule has 1 amide bonds. The Labute approximate surface area is 127 Å². The van der Waals surface area contributed by atoms with Crippen LogP contribution in [0.15, 0.2) is 22.7 Å². The van der Waals surface area contributed by atoms with E-state index in [1.807, 2.05) is 12.1 Å². The first-order valence-electron chi connectivity index (χ1n) is 6.86. The molecule has 3 atom stereocenters. The lowest BCUT2D eigenvalue weighted by Gasteiger charge is -2.21. The Hall–Kier alpha value is -0.540. The summed E-state index contributed by atoms with van der Waals surface area (Å²) in [7, 11) is 0. The average molecular weight is 343 g/mol. The number of nitrogens with one attached hydrogen (secondary N) is 1. The zero-order valence-corrected chi connectivity index (χ0v) is 13.0. The monoisotopic (exact) mass is 341 g/mol. The smallest absolute Gasteiger partial charge is 0.224 e. The van der Waals surface area contributed by atoms with E-state index in [1.165, 1.54) is 25.7 Å². The Morgan fingerprint density at radius 1 is 1.37 bits per heavy atom. The molecule has 19 heavy (non-hydrogen) atoms. The van der Waals surface area contributed by atoms with Crippen LogP contribution < -0.4 is 5.32 Å². The Morgan fingerprint density at radius 2 is 2.21 bits per heavy atom. The summed E-state index contributed by atoms with van der Waals surface area (Å²) in [5, 5.41) is 3.51. The highest BCUT2D eigenvalue weighted by Gasteiger charge is 2.40. The van der Waals surface area contributed by atoms with Crippen molar-refractivity contribution in [2.75, 3.05) is 5.32 Å². The van der Waals surface area contributed by atoms with Crippen LogP contribution in [0, 0.1) is 17.8 Å². The van der Waals surface area contributed by atoms with Crippen LogP contribution in [0.1, 0.15) is 32.1 Å². The molecule has 0 aliphatic heterocycles. The zero-order chi connectivity index (χ0) is 13.4. The van der Waals surface area contributed by atoms with Crippen LogP contribution in [-0.2, 0) is 4.79 Å². The molecule has 2 aliphatic rings. The van der Waals surface area contributed by atoms with Gasteiger partial charge in [-0.15, -0.1) is 0 Å². The molecule has 1 N–H and O–H groups in total. The number of anilines is 1. The third kappa shape index (κ3) is 2.97. The predicted molar refractivity (Wildman–Crippen MR) is 81.3 cm³/mol. The number of carbonyl (C=O) groups excluding carboxylic acids is 1. The van der Waals surface area contributed by atoms with E-state index in [0.29, 0.717) is 23.0 Å². The van der Waals surface area contributed by atoms with Crippen LogP contribution in [-0.4, -0.2) is 5.91 Å². The summed E-state index contributed by atoms with van der Waals surface area (Å²) in [6, 6.07) is 5.53. The van der Waals surface area contributed by atoms with E-state index in [4.69, 9.17) is 11.6 Å². The fraction of sp³-hybridized carbons (Fsp3) is 0.533. The molecule has 2 fully saturated rings. The Kier molecular flexibility index (Phi) is 3.86. The highest BCUT2D eigenvalue weighted by Crippen LogP contribution is 2.49. The van der Waals surface area contributed by atoms with Gasteiger partial charge in [-0.05, 0) is 55.2 Å². The van der Waals surface area contributed by atoms with Crippen molar-refractivity contribution in [1.29, 1.82) is 0 Å². The zero-order valence-electron chi connectivity index (χ0n) is 10.7. The van der Waals surface area contributed by atoms with Gasteiger partial charge in [-0.1, -0.05) is 34.0 Å². The van der Waals surface area contributed by atoms with E-state index in [9.17, 15) is 4.79 Å². The lowest BCUT2D eigenvalue weighted by molar-refractivity contribution is -0.117. The van der Waals surface area contributed by atoms with E-state index in [1.54, 1.807) is 6.07 Å². The van der Waals surface area contributed by atoms with Gasteiger partial charge in [0.05, 0.1) is 10.7 Å². The SMILES string of the molecule is O=C(C[C@@H]1C[C@H]2CC[C@@H]1C2)Nc1ccc(Br)cc1Cl. The van der Waals surface area contributed by atoms with Crippen LogP contribution >= 0.6 is 27.5 Å². The molecule has 0 radical (unpaired) electrons. The Bertz CT molecular complexity index is 505. The topological polar surface area (TPSA) is 29.1 Å². The van der Waals surface area contributed by atoms with Crippen LogP contribution in [0.25, 0.3) is 0 Å². The number of amides is 1. The summed E-state index contributed by atoms with van der Waals surface area (Å²) in [5.74, 6) is 2.37. The van der Waals surface area contributed by atoms with Crippen molar-refractivity contribution in [3.63, 3.8) is 0 Å². The maximum atomic E-state index is 12.1. The van der Waals surface area contributed by atoms with Crippen LogP contribution in [0.5, 0.6) is 0 Å². The molecule has 0 aromatic heterocycles. The summed E-state index contributed by atoms with van der Waals surface area (Å²) in [6.45, 7) is 0. The van der Waals surface area contributed by atoms with E-state index in [2.05, 4.69) is 21.2 Å². The summed E-state index contributed by atoms with van der Waals surface area (Å²) in [6.07, 6.45) is 5.93.